The highest BCUT2D eigenvalue weighted by Gasteiger charge is 2.40. The molecular weight excluding hydrogens is 200 g/mol. The maximum Gasteiger partial charge on any atom is 0.217 e. The number of hydrogen-bond acceptors (Lipinski definition) is 3. The zero-order chi connectivity index (χ0) is 10.2. The third-order valence-corrected chi connectivity index (χ3v) is 4.82. The Morgan fingerprint density at radius 2 is 1.93 bits per heavy atom. The zero-order valence-corrected chi connectivity index (χ0v) is 8.96. The fourth-order valence-electron chi connectivity index (χ4n) is 2.29. The molecule has 0 aliphatic carbocycles. The summed E-state index contributed by atoms with van der Waals surface area (Å²) in [6.45, 7) is 6.77. The van der Waals surface area contributed by atoms with Gasteiger partial charge in [-0.2, -0.15) is 0 Å². The highest BCUT2D eigenvalue weighted by Crippen LogP contribution is 2.28. The molecule has 14 heavy (non-hydrogen) atoms. The van der Waals surface area contributed by atoms with Crippen molar-refractivity contribution in [1.82, 2.24) is 9.62 Å². The lowest BCUT2D eigenvalue weighted by Gasteiger charge is -2.15. The van der Waals surface area contributed by atoms with Crippen molar-refractivity contribution in [3.63, 3.8) is 0 Å². The minimum absolute atomic E-state index is 0.0693. The van der Waals surface area contributed by atoms with Crippen LogP contribution in [0.4, 0.5) is 0 Å². The highest BCUT2D eigenvalue weighted by molar-refractivity contribution is 7.89. The molecule has 0 radical (unpaired) electrons. The van der Waals surface area contributed by atoms with Gasteiger partial charge in [0.15, 0.2) is 0 Å². The van der Waals surface area contributed by atoms with Gasteiger partial charge in [0.05, 0.1) is 5.75 Å². The lowest BCUT2D eigenvalue weighted by atomic mass is 10.0. The van der Waals surface area contributed by atoms with Crippen LogP contribution in [0.1, 0.15) is 0 Å². The second-order valence-corrected chi connectivity index (χ2v) is 6.08. The molecule has 0 saturated carbocycles. The van der Waals surface area contributed by atoms with Gasteiger partial charge >= 0.3 is 0 Å². The number of rotatable bonds is 3. The van der Waals surface area contributed by atoms with E-state index < -0.39 is 10.0 Å². The van der Waals surface area contributed by atoms with Gasteiger partial charge in [-0.25, -0.2) is 12.7 Å². The largest absolute Gasteiger partial charge is 0.316 e. The molecule has 0 aromatic heterocycles. The van der Waals surface area contributed by atoms with Gasteiger partial charge in [0.1, 0.15) is 0 Å². The Bertz CT molecular complexity index is 314. The molecule has 2 unspecified atom stereocenters. The first-order valence-electron chi connectivity index (χ1n) is 4.93. The van der Waals surface area contributed by atoms with Crippen molar-refractivity contribution in [2.45, 2.75) is 0 Å². The van der Waals surface area contributed by atoms with Gasteiger partial charge in [0.25, 0.3) is 0 Å². The van der Waals surface area contributed by atoms with Gasteiger partial charge in [0.2, 0.25) is 10.0 Å². The minimum Gasteiger partial charge on any atom is -0.316 e. The first-order chi connectivity index (χ1) is 6.63. The molecule has 2 aliphatic rings. The summed E-state index contributed by atoms with van der Waals surface area (Å²) in [6.07, 6.45) is 1.46. The zero-order valence-electron chi connectivity index (χ0n) is 8.15. The van der Waals surface area contributed by atoms with Gasteiger partial charge in [-0.3, -0.25) is 0 Å². The molecule has 0 bridgehead atoms. The fraction of sp³-hybridized carbons (Fsp3) is 0.778. The molecule has 2 aliphatic heterocycles. The lowest BCUT2D eigenvalue weighted by molar-refractivity contribution is 0.450. The van der Waals surface area contributed by atoms with Crippen LogP contribution in [0.15, 0.2) is 12.7 Å². The Morgan fingerprint density at radius 1 is 1.36 bits per heavy atom. The van der Waals surface area contributed by atoms with E-state index in [1.54, 1.807) is 4.31 Å². The van der Waals surface area contributed by atoms with Crippen molar-refractivity contribution >= 4 is 10.0 Å². The Morgan fingerprint density at radius 3 is 2.43 bits per heavy atom. The normalized spacial score (nSPS) is 33.1. The smallest absolute Gasteiger partial charge is 0.217 e. The summed E-state index contributed by atoms with van der Waals surface area (Å²) in [5, 5.41) is 3.29. The Kier molecular flexibility index (Phi) is 2.64. The summed E-state index contributed by atoms with van der Waals surface area (Å²) < 4.78 is 25.0. The SMILES string of the molecule is C=CCS(=O)(=O)N1CC2CNCC2C1. The Hall–Kier alpha value is -0.390. The summed E-state index contributed by atoms with van der Waals surface area (Å²) in [6, 6.07) is 0. The lowest BCUT2D eigenvalue weighted by Crippen LogP contribution is -2.33. The third kappa shape index (κ3) is 1.71. The minimum atomic E-state index is -3.06. The molecule has 2 fully saturated rings. The maximum absolute atomic E-state index is 11.7. The molecule has 80 valence electrons. The van der Waals surface area contributed by atoms with E-state index in [0.29, 0.717) is 24.9 Å². The van der Waals surface area contributed by atoms with E-state index in [4.69, 9.17) is 0 Å². The molecule has 0 amide bonds. The van der Waals surface area contributed by atoms with Crippen molar-refractivity contribution < 1.29 is 8.42 Å². The van der Waals surface area contributed by atoms with E-state index in [9.17, 15) is 8.42 Å². The van der Waals surface area contributed by atoms with Crippen molar-refractivity contribution in [2.75, 3.05) is 31.9 Å². The van der Waals surface area contributed by atoms with Crippen molar-refractivity contribution in [3.05, 3.63) is 12.7 Å². The Labute approximate surface area is 85.0 Å². The van der Waals surface area contributed by atoms with E-state index in [0.717, 1.165) is 13.1 Å². The molecule has 2 saturated heterocycles. The summed E-state index contributed by atoms with van der Waals surface area (Å²) in [7, 11) is -3.06. The van der Waals surface area contributed by atoms with Crippen LogP contribution in [0.5, 0.6) is 0 Å². The van der Waals surface area contributed by atoms with Crippen LogP contribution in [0.2, 0.25) is 0 Å². The Balaban J connectivity index is 2.05. The third-order valence-electron chi connectivity index (χ3n) is 3.08. The van der Waals surface area contributed by atoms with Crippen LogP contribution in [0.25, 0.3) is 0 Å². The van der Waals surface area contributed by atoms with Gasteiger partial charge in [-0.15, -0.1) is 6.58 Å². The number of nitrogens with one attached hydrogen (secondary N) is 1. The average molecular weight is 216 g/mol. The van der Waals surface area contributed by atoms with Gasteiger partial charge in [-0.05, 0) is 24.9 Å². The average Bonchev–Trinajstić information content (AvgIpc) is 2.60. The second kappa shape index (κ2) is 3.64. The van der Waals surface area contributed by atoms with E-state index in [1.807, 2.05) is 0 Å². The van der Waals surface area contributed by atoms with Gasteiger partial charge < -0.3 is 5.32 Å². The molecule has 0 aromatic carbocycles. The molecule has 0 aromatic rings. The number of nitrogens with zero attached hydrogens (tertiary/aromatic N) is 1. The first-order valence-corrected chi connectivity index (χ1v) is 6.54. The second-order valence-electron chi connectivity index (χ2n) is 4.06. The van der Waals surface area contributed by atoms with Crippen LogP contribution >= 0.6 is 0 Å². The van der Waals surface area contributed by atoms with E-state index >= 15 is 0 Å². The first kappa shape index (κ1) is 10.1. The molecule has 2 atom stereocenters. The number of fused-ring (bicyclic) bond motifs is 1. The predicted octanol–water partition coefficient (Wildman–Crippen LogP) is -0.347. The van der Waals surface area contributed by atoms with Crippen LogP contribution < -0.4 is 5.32 Å². The predicted molar refractivity (Wildman–Crippen MR) is 55.4 cm³/mol. The van der Waals surface area contributed by atoms with Crippen LogP contribution in [-0.4, -0.2) is 44.7 Å². The topological polar surface area (TPSA) is 49.4 Å². The summed E-state index contributed by atoms with van der Waals surface area (Å²) >= 11 is 0. The summed E-state index contributed by atoms with van der Waals surface area (Å²) in [4.78, 5) is 0. The van der Waals surface area contributed by atoms with Crippen LogP contribution in [-0.2, 0) is 10.0 Å². The summed E-state index contributed by atoms with van der Waals surface area (Å²) in [5.41, 5.74) is 0. The molecular formula is C9H16N2O2S. The molecule has 1 N–H and O–H groups in total. The number of sulfonamides is 1. The molecule has 0 spiro atoms. The number of hydrogen-bond donors (Lipinski definition) is 1. The standard InChI is InChI=1S/C9H16N2O2S/c1-2-3-14(12,13)11-6-8-4-10-5-9(8)7-11/h2,8-10H,1,3-7H2. The molecule has 2 heterocycles. The molecule has 2 rings (SSSR count). The van der Waals surface area contributed by atoms with Crippen molar-refractivity contribution in [2.24, 2.45) is 11.8 Å². The van der Waals surface area contributed by atoms with E-state index in [2.05, 4.69) is 11.9 Å². The molecule has 4 nitrogen and oxygen atoms in total. The maximum atomic E-state index is 11.7. The monoisotopic (exact) mass is 216 g/mol. The van der Waals surface area contributed by atoms with Gasteiger partial charge in [0, 0.05) is 13.1 Å². The fourth-order valence-corrected chi connectivity index (χ4v) is 3.64. The van der Waals surface area contributed by atoms with E-state index in [-0.39, 0.29) is 5.75 Å². The summed E-state index contributed by atoms with van der Waals surface area (Å²) in [5.74, 6) is 1.11. The van der Waals surface area contributed by atoms with Crippen molar-refractivity contribution in [1.29, 1.82) is 0 Å². The van der Waals surface area contributed by atoms with Crippen molar-refractivity contribution in [3.8, 4) is 0 Å². The van der Waals surface area contributed by atoms with Crippen LogP contribution in [0.3, 0.4) is 0 Å². The van der Waals surface area contributed by atoms with E-state index in [1.165, 1.54) is 6.08 Å². The van der Waals surface area contributed by atoms with Gasteiger partial charge in [-0.1, -0.05) is 6.08 Å². The molecule has 5 heteroatoms. The highest BCUT2D eigenvalue weighted by atomic mass is 32.2. The quantitative estimate of drug-likeness (QED) is 0.656. The van der Waals surface area contributed by atoms with Crippen LogP contribution in [0, 0.1) is 11.8 Å².